The fourth-order valence-corrected chi connectivity index (χ4v) is 4.89. The van der Waals surface area contributed by atoms with Gasteiger partial charge in [-0.3, -0.25) is 9.59 Å². The molecule has 0 atom stereocenters. The van der Waals surface area contributed by atoms with E-state index in [2.05, 4.69) is 9.97 Å². The zero-order chi connectivity index (χ0) is 21.2. The van der Waals surface area contributed by atoms with Crippen LogP contribution in [-0.2, 0) is 21.2 Å². The third-order valence-corrected chi connectivity index (χ3v) is 7.09. The summed E-state index contributed by atoms with van der Waals surface area (Å²) >= 11 is 0. The van der Waals surface area contributed by atoms with Crippen molar-refractivity contribution in [2.75, 3.05) is 26.2 Å². The molecule has 156 valence electrons. The van der Waals surface area contributed by atoms with Gasteiger partial charge in [-0.1, -0.05) is 17.7 Å². The molecule has 9 heteroatoms. The molecule has 2 aromatic rings. The topological polar surface area (TPSA) is 103 Å². The van der Waals surface area contributed by atoms with Crippen LogP contribution in [0.25, 0.3) is 0 Å². The van der Waals surface area contributed by atoms with E-state index in [-0.39, 0.29) is 35.9 Å². The number of aromatic amines is 1. The highest BCUT2D eigenvalue weighted by Gasteiger charge is 2.30. The van der Waals surface area contributed by atoms with Crippen LogP contribution in [0.5, 0.6) is 0 Å². The molecule has 1 fully saturated rings. The van der Waals surface area contributed by atoms with Crippen molar-refractivity contribution in [2.45, 2.75) is 38.5 Å². The van der Waals surface area contributed by atoms with Crippen molar-refractivity contribution in [1.82, 2.24) is 19.2 Å². The molecule has 0 radical (unpaired) electrons. The maximum atomic E-state index is 12.8. The van der Waals surface area contributed by atoms with Crippen LogP contribution in [0.3, 0.4) is 0 Å². The third kappa shape index (κ3) is 4.73. The van der Waals surface area contributed by atoms with Gasteiger partial charge in [-0.15, -0.1) is 0 Å². The van der Waals surface area contributed by atoms with Crippen LogP contribution in [0, 0.1) is 20.8 Å². The van der Waals surface area contributed by atoms with Crippen molar-refractivity contribution < 1.29 is 13.2 Å². The van der Waals surface area contributed by atoms with Crippen LogP contribution in [0.4, 0.5) is 0 Å². The fourth-order valence-electron chi connectivity index (χ4n) is 3.47. The zero-order valence-corrected chi connectivity index (χ0v) is 17.8. The maximum Gasteiger partial charge on any atom is 0.254 e. The molecular weight excluding hydrogens is 392 g/mol. The normalized spacial score (nSPS) is 15.5. The molecule has 29 heavy (non-hydrogen) atoms. The number of nitrogens with one attached hydrogen (secondary N) is 1. The number of nitrogens with zero attached hydrogens (tertiary/aromatic N) is 3. The van der Waals surface area contributed by atoms with Crippen LogP contribution in [0.2, 0.25) is 0 Å². The molecule has 0 saturated carbocycles. The Morgan fingerprint density at radius 2 is 1.69 bits per heavy atom. The van der Waals surface area contributed by atoms with Crippen molar-refractivity contribution in [1.29, 1.82) is 0 Å². The Labute approximate surface area is 170 Å². The van der Waals surface area contributed by atoms with Gasteiger partial charge in [0.2, 0.25) is 15.9 Å². The number of carbonyl (C=O) groups is 1. The van der Waals surface area contributed by atoms with Crippen molar-refractivity contribution in [3.05, 3.63) is 57.3 Å². The average Bonchev–Trinajstić information content (AvgIpc) is 2.67. The summed E-state index contributed by atoms with van der Waals surface area (Å²) in [6, 6.07) is 6.77. The van der Waals surface area contributed by atoms with E-state index in [1.807, 2.05) is 6.92 Å². The number of rotatable bonds is 5. The first-order valence-electron chi connectivity index (χ1n) is 9.59. The number of aryl methyl sites for hydroxylation is 3. The minimum absolute atomic E-state index is 0.0863. The smallest absolute Gasteiger partial charge is 0.254 e. The highest BCUT2D eigenvalue weighted by atomic mass is 32.2. The Morgan fingerprint density at radius 1 is 1.07 bits per heavy atom. The monoisotopic (exact) mass is 418 g/mol. The lowest BCUT2D eigenvalue weighted by molar-refractivity contribution is -0.132. The summed E-state index contributed by atoms with van der Waals surface area (Å²) in [6.45, 7) is 6.57. The molecule has 1 N–H and O–H groups in total. The summed E-state index contributed by atoms with van der Waals surface area (Å²) in [7, 11) is -3.56. The van der Waals surface area contributed by atoms with Gasteiger partial charge in [-0.25, -0.2) is 13.4 Å². The van der Waals surface area contributed by atoms with Gasteiger partial charge in [0.15, 0.2) is 0 Å². The van der Waals surface area contributed by atoms with E-state index < -0.39 is 10.0 Å². The quantitative estimate of drug-likeness (QED) is 0.785. The number of hydrogen-bond donors (Lipinski definition) is 1. The second kappa shape index (κ2) is 8.46. The highest BCUT2D eigenvalue weighted by molar-refractivity contribution is 7.89. The molecule has 1 aliphatic heterocycles. The van der Waals surface area contributed by atoms with E-state index in [0.717, 1.165) is 5.56 Å². The van der Waals surface area contributed by atoms with Gasteiger partial charge in [0, 0.05) is 43.9 Å². The maximum absolute atomic E-state index is 12.8. The van der Waals surface area contributed by atoms with Crippen LogP contribution in [0.1, 0.15) is 29.1 Å². The number of amides is 1. The Bertz CT molecular complexity index is 1050. The molecule has 1 aromatic heterocycles. The summed E-state index contributed by atoms with van der Waals surface area (Å²) in [5.74, 6) is 0.463. The molecule has 3 rings (SSSR count). The number of hydrogen-bond acceptors (Lipinski definition) is 5. The summed E-state index contributed by atoms with van der Waals surface area (Å²) in [4.78, 5) is 33.4. The Morgan fingerprint density at radius 3 is 2.28 bits per heavy atom. The number of benzene rings is 1. The number of H-pyrrole nitrogens is 1. The second-order valence-corrected chi connectivity index (χ2v) is 9.25. The van der Waals surface area contributed by atoms with Gasteiger partial charge in [-0.05, 0) is 39.3 Å². The second-order valence-electron chi connectivity index (χ2n) is 7.31. The first kappa shape index (κ1) is 21.2. The predicted molar refractivity (Wildman–Crippen MR) is 109 cm³/mol. The summed E-state index contributed by atoms with van der Waals surface area (Å²) in [5, 5.41) is 0. The van der Waals surface area contributed by atoms with E-state index in [9.17, 15) is 18.0 Å². The van der Waals surface area contributed by atoms with Crippen LogP contribution >= 0.6 is 0 Å². The standard InChI is InChI=1S/C20H26N4O4S/c1-14-4-6-17(7-5-14)29(27,28)24-12-10-23(11-13-24)19(25)9-8-18-15(2)21-16(3)22-20(18)26/h4-7H,8-13H2,1-3H3,(H,21,22,26). The fraction of sp³-hybridized carbons (Fsp3) is 0.450. The summed E-state index contributed by atoms with van der Waals surface area (Å²) in [5.41, 5.74) is 1.94. The minimum atomic E-state index is -3.56. The van der Waals surface area contributed by atoms with Gasteiger partial charge < -0.3 is 9.88 Å². The number of sulfonamides is 1. The zero-order valence-electron chi connectivity index (χ0n) is 16.9. The van der Waals surface area contributed by atoms with Crippen LogP contribution in [0.15, 0.2) is 34.0 Å². The van der Waals surface area contributed by atoms with Crippen molar-refractivity contribution in [3.8, 4) is 0 Å². The van der Waals surface area contributed by atoms with Gasteiger partial charge in [0.25, 0.3) is 5.56 Å². The number of piperazine rings is 1. The lowest BCUT2D eigenvalue weighted by Crippen LogP contribution is -2.50. The minimum Gasteiger partial charge on any atom is -0.340 e. The predicted octanol–water partition coefficient (Wildman–Crippen LogP) is 1.16. The van der Waals surface area contributed by atoms with Crippen molar-refractivity contribution in [2.24, 2.45) is 0 Å². The molecule has 2 heterocycles. The van der Waals surface area contributed by atoms with Gasteiger partial charge in [0.05, 0.1) is 4.90 Å². The van der Waals surface area contributed by atoms with Crippen LogP contribution < -0.4 is 5.56 Å². The van der Waals surface area contributed by atoms with E-state index in [1.54, 1.807) is 43.0 Å². The van der Waals surface area contributed by atoms with Gasteiger partial charge >= 0.3 is 0 Å². The Hall–Kier alpha value is -2.52. The van der Waals surface area contributed by atoms with E-state index in [1.165, 1.54) is 4.31 Å². The Balaban J connectivity index is 1.58. The molecule has 1 aliphatic rings. The molecule has 0 aliphatic carbocycles. The first-order chi connectivity index (χ1) is 13.7. The Kier molecular flexibility index (Phi) is 6.18. The molecule has 1 aromatic carbocycles. The highest BCUT2D eigenvalue weighted by Crippen LogP contribution is 2.18. The largest absolute Gasteiger partial charge is 0.340 e. The molecule has 1 amide bonds. The van der Waals surface area contributed by atoms with E-state index in [4.69, 9.17) is 0 Å². The molecule has 0 bridgehead atoms. The molecule has 0 spiro atoms. The van der Waals surface area contributed by atoms with Crippen molar-refractivity contribution >= 4 is 15.9 Å². The SMILES string of the molecule is Cc1ccc(S(=O)(=O)N2CCN(C(=O)CCc3c(C)nc(C)[nH]c3=O)CC2)cc1. The number of carbonyl (C=O) groups excluding carboxylic acids is 1. The van der Waals surface area contributed by atoms with E-state index in [0.29, 0.717) is 36.6 Å². The summed E-state index contributed by atoms with van der Waals surface area (Å²) in [6.07, 6.45) is 0.508. The molecule has 8 nitrogen and oxygen atoms in total. The van der Waals surface area contributed by atoms with E-state index >= 15 is 0 Å². The lowest BCUT2D eigenvalue weighted by Gasteiger charge is -2.34. The average molecular weight is 419 g/mol. The molecular formula is C20H26N4O4S. The lowest BCUT2D eigenvalue weighted by atomic mass is 10.1. The third-order valence-electron chi connectivity index (χ3n) is 5.18. The van der Waals surface area contributed by atoms with Gasteiger partial charge in [-0.2, -0.15) is 4.31 Å². The number of aromatic nitrogens is 2. The molecule has 0 unspecified atom stereocenters. The molecule has 1 saturated heterocycles. The first-order valence-corrected chi connectivity index (χ1v) is 11.0. The van der Waals surface area contributed by atoms with Gasteiger partial charge in [0.1, 0.15) is 5.82 Å². The summed E-state index contributed by atoms with van der Waals surface area (Å²) < 4.78 is 26.9. The van der Waals surface area contributed by atoms with Crippen LogP contribution in [-0.4, -0.2) is 59.7 Å². The van der Waals surface area contributed by atoms with Crippen molar-refractivity contribution in [3.63, 3.8) is 0 Å².